The van der Waals surface area contributed by atoms with Gasteiger partial charge in [-0.15, -0.1) is 13.2 Å². The fraction of sp³-hybridized carbons (Fsp3) is 0.222. The Bertz CT molecular complexity index is 403. The van der Waals surface area contributed by atoms with Crippen molar-refractivity contribution in [2.24, 2.45) is 0 Å². The van der Waals surface area contributed by atoms with Crippen LogP contribution in [0.25, 0.3) is 0 Å². The van der Waals surface area contributed by atoms with Gasteiger partial charge in [-0.3, -0.25) is 4.79 Å². The smallest absolute Gasteiger partial charge is 0.496 e. The fourth-order valence-electron chi connectivity index (χ4n) is 1.04. The van der Waals surface area contributed by atoms with Crippen LogP contribution in [-0.2, 0) is 0 Å². The van der Waals surface area contributed by atoms with Gasteiger partial charge in [0, 0.05) is 0 Å². The van der Waals surface area contributed by atoms with E-state index >= 15 is 0 Å². The standard InChI is InChI=1S/C9H6ClF3O3/c1-15-7-3-2-5(16-9(11,12)13)4-6(7)8(10)14/h2-4H,1H3. The summed E-state index contributed by atoms with van der Waals surface area (Å²) in [6.07, 6.45) is -4.82. The van der Waals surface area contributed by atoms with Crippen molar-refractivity contribution in [3.8, 4) is 11.5 Å². The molecule has 0 atom stereocenters. The molecule has 0 N–H and O–H groups in total. The molecule has 1 aromatic carbocycles. The summed E-state index contributed by atoms with van der Waals surface area (Å²) >= 11 is 5.17. The van der Waals surface area contributed by atoms with Crippen molar-refractivity contribution >= 4 is 16.8 Å². The summed E-state index contributed by atoms with van der Waals surface area (Å²) in [6, 6.07) is 3.05. The number of carbonyl (C=O) groups is 1. The largest absolute Gasteiger partial charge is 0.573 e. The topological polar surface area (TPSA) is 35.5 Å². The van der Waals surface area contributed by atoms with Crippen LogP contribution in [0.15, 0.2) is 18.2 Å². The van der Waals surface area contributed by atoms with Crippen molar-refractivity contribution in [3.05, 3.63) is 23.8 Å². The predicted molar refractivity (Wildman–Crippen MR) is 49.9 cm³/mol. The van der Waals surface area contributed by atoms with Crippen LogP contribution in [0.2, 0.25) is 0 Å². The molecule has 0 aromatic heterocycles. The minimum atomic E-state index is -4.82. The maximum Gasteiger partial charge on any atom is 0.573 e. The van der Waals surface area contributed by atoms with Crippen molar-refractivity contribution in [3.63, 3.8) is 0 Å². The molecule has 0 aliphatic heterocycles. The molecule has 0 unspecified atom stereocenters. The average Bonchev–Trinajstić information content (AvgIpc) is 2.15. The van der Waals surface area contributed by atoms with E-state index in [9.17, 15) is 18.0 Å². The van der Waals surface area contributed by atoms with Crippen molar-refractivity contribution in [2.45, 2.75) is 6.36 Å². The molecule has 0 saturated heterocycles. The van der Waals surface area contributed by atoms with E-state index in [1.807, 2.05) is 0 Å². The second-order valence-corrected chi connectivity index (χ2v) is 3.03. The highest BCUT2D eigenvalue weighted by Gasteiger charge is 2.31. The lowest BCUT2D eigenvalue weighted by molar-refractivity contribution is -0.274. The Kier molecular flexibility index (Phi) is 3.64. The molecule has 0 amide bonds. The molecular weight excluding hydrogens is 249 g/mol. The molecule has 7 heteroatoms. The molecule has 0 spiro atoms. The highest BCUT2D eigenvalue weighted by atomic mass is 35.5. The summed E-state index contributed by atoms with van der Waals surface area (Å²) in [7, 11) is 1.27. The monoisotopic (exact) mass is 254 g/mol. The Labute approximate surface area is 93.7 Å². The number of benzene rings is 1. The van der Waals surface area contributed by atoms with Crippen LogP contribution in [0.4, 0.5) is 13.2 Å². The van der Waals surface area contributed by atoms with E-state index < -0.39 is 17.4 Å². The van der Waals surface area contributed by atoms with E-state index in [0.717, 1.165) is 18.2 Å². The maximum atomic E-state index is 11.9. The fourth-order valence-corrected chi connectivity index (χ4v) is 1.19. The van der Waals surface area contributed by atoms with Gasteiger partial charge in [-0.1, -0.05) is 0 Å². The van der Waals surface area contributed by atoms with Crippen LogP contribution in [0.3, 0.4) is 0 Å². The Balaban J connectivity index is 3.07. The molecule has 0 aliphatic carbocycles. The molecule has 0 aliphatic rings. The minimum Gasteiger partial charge on any atom is -0.496 e. The van der Waals surface area contributed by atoms with E-state index in [1.165, 1.54) is 7.11 Å². The Morgan fingerprint density at radius 1 is 1.38 bits per heavy atom. The van der Waals surface area contributed by atoms with Crippen molar-refractivity contribution in [1.29, 1.82) is 0 Å². The van der Waals surface area contributed by atoms with Gasteiger partial charge in [0.15, 0.2) is 0 Å². The average molecular weight is 255 g/mol. The first-order valence-corrected chi connectivity index (χ1v) is 4.35. The van der Waals surface area contributed by atoms with E-state index in [4.69, 9.17) is 16.3 Å². The van der Waals surface area contributed by atoms with E-state index in [1.54, 1.807) is 0 Å². The summed E-state index contributed by atoms with van der Waals surface area (Å²) < 4.78 is 44.0. The lowest BCUT2D eigenvalue weighted by Crippen LogP contribution is -2.17. The third kappa shape index (κ3) is 3.30. The Morgan fingerprint density at radius 2 is 2.00 bits per heavy atom. The van der Waals surface area contributed by atoms with Crippen LogP contribution in [-0.4, -0.2) is 18.7 Å². The zero-order valence-electron chi connectivity index (χ0n) is 7.97. The van der Waals surface area contributed by atoms with Crippen molar-refractivity contribution in [1.82, 2.24) is 0 Å². The summed E-state index contributed by atoms with van der Waals surface area (Å²) in [6.45, 7) is 0. The second kappa shape index (κ2) is 4.61. The van der Waals surface area contributed by atoms with Gasteiger partial charge >= 0.3 is 6.36 Å². The Morgan fingerprint density at radius 3 is 2.44 bits per heavy atom. The van der Waals surface area contributed by atoms with Crippen LogP contribution in [0.5, 0.6) is 11.5 Å². The molecule has 0 saturated carbocycles. The van der Waals surface area contributed by atoms with Gasteiger partial charge in [-0.2, -0.15) is 0 Å². The van der Waals surface area contributed by atoms with E-state index in [2.05, 4.69) is 4.74 Å². The normalized spacial score (nSPS) is 11.1. The van der Waals surface area contributed by atoms with Crippen LogP contribution >= 0.6 is 11.6 Å². The number of methoxy groups -OCH3 is 1. The van der Waals surface area contributed by atoms with Crippen LogP contribution in [0, 0.1) is 0 Å². The third-order valence-corrected chi connectivity index (χ3v) is 1.82. The minimum absolute atomic E-state index is 0.0783. The zero-order chi connectivity index (χ0) is 12.3. The lowest BCUT2D eigenvalue weighted by atomic mass is 10.2. The third-order valence-electron chi connectivity index (χ3n) is 1.62. The van der Waals surface area contributed by atoms with Gasteiger partial charge in [0.1, 0.15) is 11.5 Å². The molecule has 88 valence electrons. The number of halogens is 4. The highest BCUT2D eigenvalue weighted by molar-refractivity contribution is 6.68. The number of carbonyl (C=O) groups excluding carboxylic acids is 1. The first-order valence-electron chi connectivity index (χ1n) is 3.97. The van der Waals surface area contributed by atoms with Crippen LogP contribution < -0.4 is 9.47 Å². The van der Waals surface area contributed by atoms with Crippen molar-refractivity contribution in [2.75, 3.05) is 7.11 Å². The van der Waals surface area contributed by atoms with E-state index in [-0.39, 0.29) is 11.3 Å². The number of rotatable bonds is 3. The van der Waals surface area contributed by atoms with Gasteiger partial charge in [0.05, 0.1) is 12.7 Å². The van der Waals surface area contributed by atoms with Crippen molar-refractivity contribution < 1.29 is 27.4 Å². The van der Waals surface area contributed by atoms with Crippen LogP contribution in [0.1, 0.15) is 10.4 Å². The number of alkyl halides is 3. The van der Waals surface area contributed by atoms with Gasteiger partial charge in [-0.25, -0.2) is 0 Å². The van der Waals surface area contributed by atoms with Gasteiger partial charge in [-0.05, 0) is 29.8 Å². The summed E-state index contributed by atoms with van der Waals surface area (Å²) in [5, 5.41) is -0.926. The first kappa shape index (κ1) is 12.6. The number of hydrogen-bond donors (Lipinski definition) is 0. The molecule has 16 heavy (non-hydrogen) atoms. The van der Waals surface area contributed by atoms with E-state index in [0.29, 0.717) is 0 Å². The summed E-state index contributed by atoms with van der Waals surface area (Å²) in [5.41, 5.74) is -0.189. The molecule has 0 heterocycles. The molecule has 0 fully saturated rings. The molecule has 1 rings (SSSR count). The molecular formula is C9H6ClF3O3. The SMILES string of the molecule is COc1ccc(OC(F)(F)F)cc1C(=O)Cl. The molecule has 1 aromatic rings. The maximum absolute atomic E-state index is 11.9. The molecule has 0 radical (unpaired) electrons. The lowest BCUT2D eigenvalue weighted by Gasteiger charge is -2.11. The van der Waals surface area contributed by atoms with Gasteiger partial charge < -0.3 is 9.47 Å². The van der Waals surface area contributed by atoms with Gasteiger partial charge in [0.2, 0.25) is 0 Å². The zero-order valence-corrected chi connectivity index (χ0v) is 8.72. The summed E-state index contributed by atoms with van der Waals surface area (Å²) in [5.74, 6) is -0.452. The van der Waals surface area contributed by atoms with Gasteiger partial charge in [0.25, 0.3) is 5.24 Å². The first-order chi connectivity index (χ1) is 7.33. The molecule has 0 bridgehead atoms. The Hall–Kier alpha value is -1.43. The molecule has 3 nitrogen and oxygen atoms in total. The predicted octanol–water partition coefficient (Wildman–Crippen LogP) is 2.97. The second-order valence-electron chi connectivity index (χ2n) is 2.68. The summed E-state index contributed by atoms with van der Waals surface area (Å²) in [4.78, 5) is 10.9. The number of ether oxygens (including phenoxy) is 2. The number of hydrogen-bond acceptors (Lipinski definition) is 3. The highest BCUT2D eigenvalue weighted by Crippen LogP contribution is 2.29. The quantitative estimate of drug-likeness (QED) is 0.778.